The predicted molar refractivity (Wildman–Crippen MR) is 129 cm³/mol. The van der Waals surface area contributed by atoms with Gasteiger partial charge in [0.1, 0.15) is 0 Å². The van der Waals surface area contributed by atoms with Gasteiger partial charge in [0.25, 0.3) is 0 Å². The molecule has 188 valence electrons. The van der Waals surface area contributed by atoms with Crippen molar-refractivity contribution in [2.45, 2.75) is 13.8 Å². The molecule has 8 nitrogen and oxygen atoms in total. The van der Waals surface area contributed by atoms with Crippen LogP contribution in [-0.2, 0) is 19.1 Å². The smallest absolute Gasteiger partial charge is 0.330 e. The summed E-state index contributed by atoms with van der Waals surface area (Å²) in [4.78, 5) is 34.9. The lowest BCUT2D eigenvalue weighted by Crippen LogP contribution is -2.59. The zero-order chi connectivity index (χ0) is 23.7. The molecule has 0 amide bonds. The Morgan fingerprint density at radius 2 is 0.882 bits per heavy atom. The zero-order valence-electron chi connectivity index (χ0n) is 20.8. The maximum atomic E-state index is 12.2. The van der Waals surface area contributed by atoms with E-state index in [1.807, 2.05) is 26.0 Å². The summed E-state index contributed by atoms with van der Waals surface area (Å²) in [5, 5.41) is 0. The van der Waals surface area contributed by atoms with Crippen LogP contribution in [0.5, 0.6) is 0 Å². The third kappa shape index (κ3) is 5.25. The number of nitrogens with zero attached hydrogens (tertiary/aromatic N) is 4. The quantitative estimate of drug-likeness (QED) is 0.438. The molecule has 0 aromatic heterocycles. The summed E-state index contributed by atoms with van der Waals surface area (Å²) in [6.45, 7) is 17.1. The molecule has 0 aromatic rings. The molecule has 8 rings (SSSR count). The summed E-state index contributed by atoms with van der Waals surface area (Å²) >= 11 is 0. The summed E-state index contributed by atoms with van der Waals surface area (Å²) in [5.41, 5.74) is 2.63. The lowest BCUT2D eigenvalue weighted by molar-refractivity contribution is -0.138. The fraction of sp³-hybridized carbons (Fsp3) is 0.769. The van der Waals surface area contributed by atoms with Crippen molar-refractivity contribution < 1.29 is 19.1 Å². The molecule has 8 aliphatic rings. The third-order valence-electron chi connectivity index (χ3n) is 8.32. The average molecular weight is 473 g/mol. The summed E-state index contributed by atoms with van der Waals surface area (Å²) in [5.74, 6) is 1.30. The van der Waals surface area contributed by atoms with Crippen LogP contribution in [0.1, 0.15) is 13.8 Å². The molecule has 0 spiro atoms. The van der Waals surface area contributed by atoms with E-state index < -0.39 is 0 Å². The Kier molecular flexibility index (Phi) is 7.39. The van der Waals surface area contributed by atoms with Gasteiger partial charge in [0, 0.05) is 114 Å². The van der Waals surface area contributed by atoms with E-state index in [-0.39, 0.29) is 11.9 Å². The molecule has 0 aliphatic carbocycles. The molecule has 0 saturated carbocycles. The minimum absolute atomic E-state index is 0.179. The van der Waals surface area contributed by atoms with Gasteiger partial charge in [0.2, 0.25) is 0 Å². The van der Waals surface area contributed by atoms with Crippen molar-refractivity contribution in [3.8, 4) is 0 Å². The topological polar surface area (TPSA) is 65.6 Å². The molecular weight excluding hydrogens is 432 g/mol. The highest BCUT2D eigenvalue weighted by atomic mass is 16.5. The van der Waals surface area contributed by atoms with Crippen LogP contribution >= 0.6 is 0 Å². The van der Waals surface area contributed by atoms with E-state index in [1.54, 1.807) is 0 Å². The number of ether oxygens (including phenoxy) is 2. The van der Waals surface area contributed by atoms with Gasteiger partial charge in [-0.3, -0.25) is 0 Å². The lowest BCUT2D eigenvalue weighted by atomic mass is 9.78. The van der Waals surface area contributed by atoms with E-state index in [0.717, 1.165) is 78.5 Å². The lowest BCUT2D eigenvalue weighted by Gasteiger charge is -2.51. The first kappa shape index (κ1) is 24.0. The number of hydrogen-bond donors (Lipinski definition) is 0. The molecule has 34 heavy (non-hydrogen) atoms. The van der Waals surface area contributed by atoms with Gasteiger partial charge in [-0.15, -0.1) is 0 Å². The van der Waals surface area contributed by atoms with Crippen LogP contribution in [0.2, 0.25) is 0 Å². The van der Waals surface area contributed by atoms with E-state index in [1.165, 1.54) is 11.1 Å². The Labute approximate surface area is 203 Å². The largest absolute Gasteiger partial charge is 0.463 e. The van der Waals surface area contributed by atoms with Crippen LogP contribution in [0.25, 0.3) is 0 Å². The number of piperidine rings is 4. The zero-order valence-corrected chi connectivity index (χ0v) is 20.8. The van der Waals surface area contributed by atoms with Gasteiger partial charge in [-0.25, -0.2) is 9.59 Å². The first-order valence-electron chi connectivity index (χ1n) is 13.2. The number of esters is 2. The van der Waals surface area contributed by atoms with Crippen molar-refractivity contribution in [3.63, 3.8) is 0 Å². The van der Waals surface area contributed by atoms with Crippen LogP contribution in [0.3, 0.4) is 0 Å². The highest BCUT2D eigenvalue weighted by Crippen LogP contribution is 2.37. The maximum Gasteiger partial charge on any atom is 0.330 e. The number of carbonyl (C=O) groups is 2. The minimum atomic E-state index is -0.179. The molecule has 8 heteroatoms. The number of rotatable bonds is 4. The molecule has 8 bridgehead atoms. The molecule has 8 fully saturated rings. The first-order valence-corrected chi connectivity index (χ1v) is 13.2. The Bertz CT molecular complexity index is 707. The second-order valence-electron chi connectivity index (χ2n) is 10.6. The summed E-state index contributed by atoms with van der Waals surface area (Å²) in [6.07, 6.45) is 3.62. The monoisotopic (exact) mass is 472 g/mol. The second kappa shape index (κ2) is 10.5. The second-order valence-corrected chi connectivity index (χ2v) is 10.6. The fourth-order valence-corrected chi connectivity index (χ4v) is 6.94. The van der Waals surface area contributed by atoms with Crippen LogP contribution in [0.4, 0.5) is 0 Å². The summed E-state index contributed by atoms with van der Waals surface area (Å²) < 4.78 is 10.5. The molecule has 0 radical (unpaired) electrons. The highest BCUT2D eigenvalue weighted by Gasteiger charge is 2.42. The van der Waals surface area contributed by atoms with E-state index in [0.29, 0.717) is 36.9 Å². The molecular formula is C26H40N4O4. The normalized spacial score (nSPS) is 39.0. The average Bonchev–Trinajstić information content (AvgIpc) is 2.77. The molecule has 8 saturated heterocycles. The van der Waals surface area contributed by atoms with Crippen LogP contribution in [0.15, 0.2) is 23.3 Å². The van der Waals surface area contributed by atoms with Crippen molar-refractivity contribution in [1.82, 2.24) is 19.6 Å². The SMILES string of the molecule is CCOC(=O)C=C1C2CN3CCN4CC5CN(CCN(C2)CC1C3)CC(C4)C5=CC(=O)OCC. The Hall–Kier alpha value is -1.74. The Morgan fingerprint density at radius 3 is 1.12 bits per heavy atom. The Morgan fingerprint density at radius 1 is 0.618 bits per heavy atom. The highest BCUT2D eigenvalue weighted by molar-refractivity contribution is 5.83. The molecule has 8 heterocycles. The first-order chi connectivity index (χ1) is 16.5. The van der Waals surface area contributed by atoms with Crippen LogP contribution in [-0.4, -0.2) is 123 Å². The van der Waals surface area contributed by atoms with Gasteiger partial charge in [-0.1, -0.05) is 11.1 Å². The molecule has 8 aliphatic heterocycles. The number of hydrogen-bond acceptors (Lipinski definition) is 8. The molecule has 0 aromatic carbocycles. The molecule has 0 atom stereocenters. The fourth-order valence-electron chi connectivity index (χ4n) is 6.94. The van der Waals surface area contributed by atoms with E-state index in [9.17, 15) is 9.59 Å². The van der Waals surface area contributed by atoms with Crippen molar-refractivity contribution in [2.24, 2.45) is 23.7 Å². The molecule has 0 unspecified atom stereocenters. The van der Waals surface area contributed by atoms with Crippen LogP contribution in [0, 0.1) is 23.7 Å². The van der Waals surface area contributed by atoms with Crippen molar-refractivity contribution in [1.29, 1.82) is 0 Å². The van der Waals surface area contributed by atoms with E-state index in [4.69, 9.17) is 9.47 Å². The van der Waals surface area contributed by atoms with Crippen molar-refractivity contribution in [2.75, 3.05) is 91.8 Å². The number of carbonyl (C=O) groups excluding carboxylic acids is 2. The van der Waals surface area contributed by atoms with Gasteiger partial charge in [0.15, 0.2) is 0 Å². The van der Waals surface area contributed by atoms with Crippen molar-refractivity contribution in [3.05, 3.63) is 23.3 Å². The minimum Gasteiger partial charge on any atom is -0.463 e. The van der Waals surface area contributed by atoms with Crippen LogP contribution < -0.4 is 0 Å². The van der Waals surface area contributed by atoms with Gasteiger partial charge in [-0.2, -0.15) is 0 Å². The van der Waals surface area contributed by atoms with Crippen molar-refractivity contribution >= 4 is 11.9 Å². The maximum absolute atomic E-state index is 12.2. The Balaban J connectivity index is 1.32. The summed E-state index contributed by atoms with van der Waals surface area (Å²) in [6, 6.07) is 0. The van der Waals surface area contributed by atoms with E-state index in [2.05, 4.69) is 19.6 Å². The van der Waals surface area contributed by atoms with E-state index >= 15 is 0 Å². The summed E-state index contributed by atoms with van der Waals surface area (Å²) in [7, 11) is 0. The van der Waals surface area contributed by atoms with Gasteiger partial charge < -0.3 is 29.1 Å². The van der Waals surface area contributed by atoms with Gasteiger partial charge in [0.05, 0.1) is 13.2 Å². The van der Waals surface area contributed by atoms with Gasteiger partial charge >= 0.3 is 11.9 Å². The third-order valence-corrected chi connectivity index (χ3v) is 8.32. The molecule has 0 N–H and O–H groups in total. The standard InChI is InChI=1S/C26H40N4O4/c1-3-33-25(31)9-23-19-11-27-5-7-29-15-21-17-30(8-6-28(13-19)14-20(23)12-27)18-22(16-29)24(21)10-26(32)34-4-2/h9-10,19-22H,3-8,11-18H2,1-2H3. The predicted octanol–water partition coefficient (Wildman–Crippen LogP) is 0.706. The van der Waals surface area contributed by atoms with Gasteiger partial charge in [-0.05, 0) is 13.8 Å².